The summed E-state index contributed by atoms with van der Waals surface area (Å²) >= 11 is 0. The van der Waals surface area contributed by atoms with Gasteiger partial charge in [-0.25, -0.2) is 0 Å². The number of aryl methyl sites for hydroxylation is 1. The van der Waals surface area contributed by atoms with Crippen LogP contribution in [0, 0.1) is 6.92 Å². The molecule has 0 aliphatic carbocycles. The number of hydrogen-bond acceptors (Lipinski definition) is 4. The fraction of sp³-hybridized carbons (Fsp3) is 0.625. The van der Waals surface area contributed by atoms with Crippen LogP contribution in [-0.4, -0.2) is 38.0 Å². The smallest absolute Gasteiger partial charge is 0.124 e. The van der Waals surface area contributed by atoms with Crippen molar-refractivity contribution in [1.29, 1.82) is 0 Å². The Hall–Kier alpha value is -1.10. The molecular weight excluding hydrogens is 254 g/mol. The Labute approximate surface area is 121 Å². The summed E-state index contributed by atoms with van der Waals surface area (Å²) in [7, 11) is 1.63. The van der Waals surface area contributed by atoms with Crippen LogP contribution in [0.1, 0.15) is 36.5 Å². The molecule has 20 heavy (non-hydrogen) atoms. The molecule has 112 valence electrons. The number of benzene rings is 1. The zero-order valence-corrected chi connectivity index (χ0v) is 12.4. The first-order valence-corrected chi connectivity index (χ1v) is 7.35. The first kappa shape index (κ1) is 15.3. The summed E-state index contributed by atoms with van der Waals surface area (Å²) in [6.07, 6.45) is 3.20. The predicted octanol–water partition coefficient (Wildman–Crippen LogP) is 2.20. The minimum absolute atomic E-state index is 0.396. The normalized spacial score (nSPS) is 20.1. The summed E-state index contributed by atoms with van der Waals surface area (Å²) in [4.78, 5) is 0. The van der Waals surface area contributed by atoms with Crippen molar-refractivity contribution in [3.8, 4) is 5.75 Å². The fourth-order valence-corrected chi connectivity index (χ4v) is 2.60. The van der Waals surface area contributed by atoms with E-state index < -0.39 is 6.10 Å². The molecule has 1 aromatic carbocycles. The largest absolute Gasteiger partial charge is 0.496 e. The van der Waals surface area contributed by atoms with Crippen molar-refractivity contribution in [2.45, 2.75) is 38.4 Å². The highest BCUT2D eigenvalue weighted by Crippen LogP contribution is 2.25. The second-order valence-electron chi connectivity index (χ2n) is 5.39. The molecule has 0 spiro atoms. The average Bonchev–Trinajstić information content (AvgIpc) is 2.96. The van der Waals surface area contributed by atoms with Crippen molar-refractivity contribution < 1.29 is 14.6 Å². The minimum Gasteiger partial charge on any atom is -0.496 e. The summed E-state index contributed by atoms with van der Waals surface area (Å²) < 4.78 is 10.9. The molecule has 2 N–H and O–H groups in total. The third kappa shape index (κ3) is 4.20. The lowest BCUT2D eigenvalue weighted by Crippen LogP contribution is -2.25. The number of aliphatic hydroxyl groups excluding tert-OH is 1. The van der Waals surface area contributed by atoms with Gasteiger partial charge >= 0.3 is 0 Å². The molecule has 1 heterocycles. The quantitative estimate of drug-likeness (QED) is 0.751. The van der Waals surface area contributed by atoms with Crippen molar-refractivity contribution in [2.24, 2.45) is 0 Å². The summed E-state index contributed by atoms with van der Waals surface area (Å²) in [6, 6.07) is 5.87. The molecule has 1 aliphatic rings. The van der Waals surface area contributed by atoms with E-state index in [9.17, 15) is 5.11 Å². The van der Waals surface area contributed by atoms with Gasteiger partial charge in [-0.3, -0.25) is 0 Å². The molecule has 2 atom stereocenters. The summed E-state index contributed by atoms with van der Waals surface area (Å²) in [5.41, 5.74) is 1.97. The lowest BCUT2D eigenvalue weighted by atomic mass is 10.0. The first-order chi connectivity index (χ1) is 9.70. The molecule has 0 aromatic heterocycles. The SMILES string of the molecule is COc1ccc(C)cc1C(O)CNCCC1CCCO1. The third-order valence-corrected chi connectivity index (χ3v) is 3.75. The Balaban J connectivity index is 1.78. The van der Waals surface area contributed by atoms with E-state index in [2.05, 4.69) is 5.32 Å². The van der Waals surface area contributed by atoms with Crippen LogP contribution in [0.3, 0.4) is 0 Å². The van der Waals surface area contributed by atoms with Gasteiger partial charge in [0.2, 0.25) is 0 Å². The zero-order chi connectivity index (χ0) is 14.4. The Morgan fingerprint density at radius 2 is 2.35 bits per heavy atom. The summed E-state index contributed by atoms with van der Waals surface area (Å²) in [5, 5.41) is 13.6. The van der Waals surface area contributed by atoms with Crippen LogP contribution >= 0.6 is 0 Å². The molecule has 0 amide bonds. The molecule has 4 nitrogen and oxygen atoms in total. The maximum absolute atomic E-state index is 10.3. The van der Waals surface area contributed by atoms with Gasteiger partial charge in [0.1, 0.15) is 5.75 Å². The van der Waals surface area contributed by atoms with Crippen LogP contribution in [0.4, 0.5) is 0 Å². The number of ether oxygens (including phenoxy) is 2. The fourth-order valence-electron chi connectivity index (χ4n) is 2.60. The lowest BCUT2D eigenvalue weighted by Gasteiger charge is -2.17. The van der Waals surface area contributed by atoms with Gasteiger partial charge in [-0.2, -0.15) is 0 Å². The molecule has 1 aromatic rings. The predicted molar refractivity (Wildman–Crippen MR) is 79.2 cm³/mol. The van der Waals surface area contributed by atoms with E-state index >= 15 is 0 Å². The highest BCUT2D eigenvalue weighted by Gasteiger charge is 2.16. The van der Waals surface area contributed by atoms with Gasteiger partial charge in [0.05, 0.1) is 19.3 Å². The Morgan fingerprint density at radius 3 is 3.05 bits per heavy atom. The molecule has 4 heteroatoms. The van der Waals surface area contributed by atoms with Crippen LogP contribution in [0.5, 0.6) is 5.75 Å². The first-order valence-electron chi connectivity index (χ1n) is 7.35. The topological polar surface area (TPSA) is 50.7 Å². The molecule has 2 unspecified atom stereocenters. The number of hydrogen-bond donors (Lipinski definition) is 2. The molecule has 0 radical (unpaired) electrons. The Morgan fingerprint density at radius 1 is 1.50 bits per heavy atom. The third-order valence-electron chi connectivity index (χ3n) is 3.75. The van der Waals surface area contributed by atoms with Crippen LogP contribution in [0.2, 0.25) is 0 Å². The van der Waals surface area contributed by atoms with E-state index in [1.54, 1.807) is 7.11 Å². The molecule has 0 saturated carbocycles. The maximum atomic E-state index is 10.3. The average molecular weight is 279 g/mol. The van der Waals surface area contributed by atoms with E-state index in [0.29, 0.717) is 12.6 Å². The van der Waals surface area contributed by atoms with E-state index in [1.165, 1.54) is 6.42 Å². The van der Waals surface area contributed by atoms with Gasteiger partial charge in [0.15, 0.2) is 0 Å². The van der Waals surface area contributed by atoms with Crippen molar-refractivity contribution >= 4 is 0 Å². The molecule has 1 saturated heterocycles. The van der Waals surface area contributed by atoms with E-state index in [-0.39, 0.29) is 0 Å². The van der Waals surface area contributed by atoms with E-state index in [4.69, 9.17) is 9.47 Å². The van der Waals surface area contributed by atoms with Crippen molar-refractivity contribution in [1.82, 2.24) is 5.32 Å². The van der Waals surface area contributed by atoms with Crippen molar-refractivity contribution in [3.63, 3.8) is 0 Å². The Kier molecular flexibility index (Phi) is 5.83. The standard InChI is InChI=1S/C16H25NO3/c1-12-5-6-16(19-2)14(10-12)15(18)11-17-8-7-13-4-3-9-20-13/h5-6,10,13,15,17-18H,3-4,7-9,11H2,1-2H3. The van der Waals surface area contributed by atoms with Crippen molar-refractivity contribution in [2.75, 3.05) is 26.8 Å². The second-order valence-corrected chi connectivity index (χ2v) is 5.39. The second kappa shape index (κ2) is 7.62. The highest BCUT2D eigenvalue weighted by atomic mass is 16.5. The number of methoxy groups -OCH3 is 1. The van der Waals surface area contributed by atoms with Crippen LogP contribution in [-0.2, 0) is 4.74 Å². The molecule has 1 aliphatic heterocycles. The monoisotopic (exact) mass is 279 g/mol. The van der Waals surface area contributed by atoms with E-state index in [1.807, 2.05) is 25.1 Å². The highest BCUT2D eigenvalue weighted by molar-refractivity contribution is 5.38. The minimum atomic E-state index is -0.547. The van der Waals surface area contributed by atoms with Gasteiger partial charge in [-0.1, -0.05) is 11.6 Å². The van der Waals surface area contributed by atoms with Crippen LogP contribution < -0.4 is 10.1 Å². The maximum Gasteiger partial charge on any atom is 0.124 e. The molecule has 0 bridgehead atoms. The van der Waals surface area contributed by atoms with E-state index in [0.717, 1.165) is 42.9 Å². The zero-order valence-electron chi connectivity index (χ0n) is 12.4. The number of nitrogens with one attached hydrogen (secondary N) is 1. The summed E-state index contributed by atoms with van der Waals surface area (Å²) in [6.45, 7) is 4.32. The van der Waals surface area contributed by atoms with Crippen molar-refractivity contribution in [3.05, 3.63) is 29.3 Å². The number of aliphatic hydroxyl groups is 1. The van der Waals surface area contributed by atoms with Gasteiger partial charge in [0.25, 0.3) is 0 Å². The van der Waals surface area contributed by atoms with Gasteiger partial charge < -0.3 is 19.9 Å². The number of rotatable bonds is 7. The Bertz CT molecular complexity index is 416. The van der Waals surface area contributed by atoms with Gasteiger partial charge in [-0.15, -0.1) is 0 Å². The molecular formula is C16H25NO3. The molecule has 2 rings (SSSR count). The van der Waals surface area contributed by atoms with Crippen LogP contribution in [0.25, 0.3) is 0 Å². The summed E-state index contributed by atoms with van der Waals surface area (Å²) in [5.74, 6) is 0.740. The molecule has 1 fully saturated rings. The van der Waals surface area contributed by atoms with Crippen LogP contribution in [0.15, 0.2) is 18.2 Å². The van der Waals surface area contributed by atoms with Gasteiger partial charge in [0, 0.05) is 18.7 Å². The lowest BCUT2D eigenvalue weighted by molar-refractivity contribution is 0.102. The van der Waals surface area contributed by atoms with Gasteiger partial charge in [-0.05, 0) is 44.9 Å².